The first-order chi connectivity index (χ1) is 13.2. The fraction of sp³-hybridized carbons (Fsp3) is 0.368. The summed E-state index contributed by atoms with van der Waals surface area (Å²) in [5.74, 6) is -3.69. The average molecular weight is 397 g/mol. The average Bonchev–Trinajstić information content (AvgIpc) is 2.66. The highest BCUT2D eigenvalue weighted by atomic mass is 19.3. The zero-order valence-electron chi connectivity index (χ0n) is 14.9. The predicted octanol–water partition coefficient (Wildman–Crippen LogP) is 3.62. The number of nitrogens with two attached hydrogens (primary N) is 1. The number of amides is 1. The minimum absolute atomic E-state index is 0.0921. The molecule has 150 valence electrons. The van der Waals surface area contributed by atoms with Crippen molar-refractivity contribution in [1.82, 2.24) is 9.88 Å². The Morgan fingerprint density at radius 1 is 1.25 bits per heavy atom. The summed E-state index contributed by atoms with van der Waals surface area (Å²) in [4.78, 5) is 16.8. The van der Waals surface area contributed by atoms with Crippen LogP contribution in [0.25, 0.3) is 0 Å². The zero-order valence-corrected chi connectivity index (χ0v) is 14.9. The van der Waals surface area contributed by atoms with Crippen molar-refractivity contribution in [3.05, 3.63) is 53.2 Å². The van der Waals surface area contributed by atoms with Crippen molar-refractivity contribution in [2.24, 2.45) is 5.73 Å². The fourth-order valence-corrected chi connectivity index (χ4v) is 2.97. The van der Waals surface area contributed by atoms with Gasteiger partial charge in [-0.1, -0.05) is 6.07 Å². The monoisotopic (exact) mass is 397 g/mol. The highest BCUT2D eigenvalue weighted by Gasteiger charge is 2.40. The van der Waals surface area contributed by atoms with E-state index < -0.39 is 24.7 Å². The standard InChI is InChI=1S/C19H19F4N3O2/c20-18(21)19(22,23)6-8-26-7-5-12-9-15(3-1-14(12)11-26)28-16-4-2-13(10-25-16)17(24)27/h1-4,9-10,18H,5-8,11H2,(H2,24,27). The SMILES string of the molecule is NC(=O)c1ccc(Oc2ccc3c(c2)CCN(CCC(F)(F)C(F)F)C3)nc1. The summed E-state index contributed by atoms with van der Waals surface area (Å²) in [7, 11) is 0. The lowest BCUT2D eigenvalue weighted by Crippen LogP contribution is -2.36. The number of ether oxygens (including phenoxy) is 1. The van der Waals surface area contributed by atoms with Crippen LogP contribution in [0.3, 0.4) is 0 Å². The number of carbonyl (C=O) groups is 1. The molecule has 1 amide bonds. The van der Waals surface area contributed by atoms with Gasteiger partial charge in [0.1, 0.15) is 5.75 Å². The van der Waals surface area contributed by atoms with E-state index in [1.807, 2.05) is 12.1 Å². The molecule has 2 heterocycles. The minimum Gasteiger partial charge on any atom is -0.439 e. The van der Waals surface area contributed by atoms with Crippen molar-refractivity contribution >= 4 is 5.91 Å². The molecule has 0 atom stereocenters. The number of fused-ring (bicyclic) bond motifs is 1. The lowest BCUT2D eigenvalue weighted by atomic mass is 9.99. The smallest absolute Gasteiger partial charge is 0.308 e. The van der Waals surface area contributed by atoms with Crippen LogP contribution in [0, 0.1) is 0 Å². The number of halogens is 4. The molecule has 1 aromatic heterocycles. The molecule has 0 unspecified atom stereocenters. The van der Waals surface area contributed by atoms with E-state index >= 15 is 0 Å². The van der Waals surface area contributed by atoms with Gasteiger partial charge in [0.15, 0.2) is 0 Å². The summed E-state index contributed by atoms with van der Waals surface area (Å²) in [6.45, 7) is 0.826. The maximum absolute atomic E-state index is 13.1. The number of primary amides is 1. The van der Waals surface area contributed by atoms with Gasteiger partial charge in [0, 0.05) is 38.3 Å². The molecule has 0 bridgehead atoms. The molecular formula is C19H19F4N3O2. The summed E-state index contributed by atoms with van der Waals surface area (Å²) in [5, 5.41) is 0. The Hall–Kier alpha value is -2.68. The van der Waals surface area contributed by atoms with Crippen molar-refractivity contribution in [3.63, 3.8) is 0 Å². The van der Waals surface area contributed by atoms with Gasteiger partial charge < -0.3 is 10.5 Å². The van der Waals surface area contributed by atoms with E-state index in [0.717, 1.165) is 11.1 Å². The second-order valence-corrected chi connectivity index (χ2v) is 6.62. The third-order valence-electron chi connectivity index (χ3n) is 4.59. The van der Waals surface area contributed by atoms with Crippen molar-refractivity contribution in [2.75, 3.05) is 13.1 Å². The van der Waals surface area contributed by atoms with Gasteiger partial charge in [0.05, 0.1) is 5.56 Å². The zero-order chi connectivity index (χ0) is 20.3. The fourth-order valence-electron chi connectivity index (χ4n) is 2.97. The Labute approximate surface area is 159 Å². The normalized spacial score (nSPS) is 14.8. The number of hydrogen-bond acceptors (Lipinski definition) is 4. The molecule has 5 nitrogen and oxygen atoms in total. The number of nitrogens with zero attached hydrogens (tertiary/aromatic N) is 2. The third kappa shape index (κ3) is 4.78. The first-order valence-corrected chi connectivity index (χ1v) is 8.68. The Morgan fingerprint density at radius 3 is 2.68 bits per heavy atom. The molecule has 0 saturated carbocycles. The van der Waals surface area contributed by atoms with Crippen LogP contribution >= 0.6 is 0 Å². The number of benzene rings is 1. The molecule has 1 aliphatic rings. The van der Waals surface area contributed by atoms with Gasteiger partial charge in [-0.3, -0.25) is 9.69 Å². The Morgan fingerprint density at radius 2 is 2.04 bits per heavy atom. The molecule has 1 aliphatic heterocycles. The lowest BCUT2D eigenvalue weighted by Gasteiger charge is -2.30. The molecule has 0 radical (unpaired) electrons. The van der Waals surface area contributed by atoms with Crippen molar-refractivity contribution in [2.45, 2.75) is 31.7 Å². The van der Waals surface area contributed by atoms with Crippen LogP contribution in [0.15, 0.2) is 36.5 Å². The van der Waals surface area contributed by atoms with Crippen LogP contribution < -0.4 is 10.5 Å². The molecule has 0 aliphatic carbocycles. The molecule has 9 heteroatoms. The Balaban J connectivity index is 1.61. The molecule has 2 aromatic rings. The van der Waals surface area contributed by atoms with Crippen molar-refractivity contribution in [1.29, 1.82) is 0 Å². The number of carbonyl (C=O) groups excluding carboxylic acids is 1. The maximum atomic E-state index is 13.1. The van der Waals surface area contributed by atoms with Gasteiger partial charge in [0.2, 0.25) is 11.8 Å². The second-order valence-electron chi connectivity index (χ2n) is 6.62. The summed E-state index contributed by atoms with van der Waals surface area (Å²) in [6, 6.07) is 8.42. The maximum Gasteiger partial charge on any atom is 0.308 e. The van der Waals surface area contributed by atoms with E-state index in [2.05, 4.69) is 4.98 Å². The van der Waals surface area contributed by atoms with Crippen LogP contribution in [-0.4, -0.2) is 41.2 Å². The number of alkyl halides is 4. The topological polar surface area (TPSA) is 68.5 Å². The van der Waals surface area contributed by atoms with E-state index in [1.165, 1.54) is 18.3 Å². The van der Waals surface area contributed by atoms with Crippen molar-refractivity contribution < 1.29 is 27.1 Å². The Kier molecular flexibility index (Phi) is 5.83. The molecule has 3 rings (SSSR count). The van der Waals surface area contributed by atoms with Crippen LogP contribution in [0.5, 0.6) is 11.6 Å². The van der Waals surface area contributed by atoms with Gasteiger partial charge in [0.25, 0.3) is 0 Å². The molecule has 28 heavy (non-hydrogen) atoms. The summed E-state index contributed by atoms with van der Waals surface area (Å²) in [5.41, 5.74) is 7.38. The molecule has 2 N–H and O–H groups in total. The molecule has 0 spiro atoms. The molecule has 0 fully saturated rings. The summed E-state index contributed by atoms with van der Waals surface area (Å²) < 4.78 is 56.4. The minimum atomic E-state index is -3.96. The first-order valence-electron chi connectivity index (χ1n) is 8.68. The van der Waals surface area contributed by atoms with Crippen LogP contribution in [0.1, 0.15) is 27.9 Å². The van der Waals surface area contributed by atoms with E-state index in [1.54, 1.807) is 11.0 Å². The van der Waals surface area contributed by atoms with E-state index in [-0.39, 0.29) is 12.1 Å². The van der Waals surface area contributed by atoms with E-state index in [0.29, 0.717) is 31.1 Å². The molecule has 1 aromatic carbocycles. The van der Waals surface area contributed by atoms with Crippen LogP contribution in [0.2, 0.25) is 0 Å². The van der Waals surface area contributed by atoms with Crippen LogP contribution in [0.4, 0.5) is 17.6 Å². The number of rotatable bonds is 7. The first kappa shape index (κ1) is 20.1. The Bertz CT molecular complexity index is 844. The quantitative estimate of drug-likeness (QED) is 0.725. The molecular weight excluding hydrogens is 378 g/mol. The highest BCUT2D eigenvalue weighted by Crippen LogP contribution is 2.30. The lowest BCUT2D eigenvalue weighted by molar-refractivity contribution is -0.136. The van der Waals surface area contributed by atoms with E-state index in [4.69, 9.17) is 10.5 Å². The second kappa shape index (κ2) is 8.14. The predicted molar refractivity (Wildman–Crippen MR) is 93.8 cm³/mol. The van der Waals surface area contributed by atoms with Crippen LogP contribution in [-0.2, 0) is 13.0 Å². The van der Waals surface area contributed by atoms with Gasteiger partial charge in [-0.15, -0.1) is 0 Å². The van der Waals surface area contributed by atoms with Gasteiger partial charge >= 0.3 is 12.3 Å². The van der Waals surface area contributed by atoms with Crippen molar-refractivity contribution in [3.8, 4) is 11.6 Å². The highest BCUT2D eigenvalue weighted by molar-refractivity contribution is 5.92. The number of hydrogen-bond donors (Lipinski definition) is 1. The van der Waals surface area contributed by atoms with E-state index in [9.17, 15) is 22.4 Å². The number of pyridine rings is 1. The third-order valence-corrected chi connectivity index (χ3v) is 4.59. The van der Waals surface area contributed by atoms with Gasteiger partial charge in [-0.2, -0.15) is 0 Å². The van der Waals surface area contributed by atoms with Gasteiger partial charge in [-0.05, 0) is 35.7 Å². The van der Waals surface area contributed by atoms with Gasteiger partial charge in [-0.25, -0.2) is 22.5 Å². The number of aromatic nitrogens is 1. The molecule has 0 saturated heterocycles. The summed E-state index contributed by atoms with van der Waals surface area (Å²) >= 11 is 0. The summed E-state index contributed by atoms with van der Waals surface area (Å²) in [6.07, 6.45) is -2.59. The largest absolute Gasteiger partial charge is 0.439 e.